The molecule has 2 N–H and O–H groups in total. The third kappa shape index (κ3) is 11.2. The Balaban J connectivity index is 0.00000729. The van der Waals surface area contributed by atoms with E-state index in [9.17, 15) is 0 Å². The van der Waals surface area contributed by atoms with Crippen LogP contribution in [0.1, 0.15) is 59.1 Å². The average molecular weight is 505 g/mol. The van der Waals surface area contributed by atoms with Gasteiger partial charge in [-0.3, -0.25) is 9.89 Å². The van der Waals surface area contributed by atoms with Crippen LogP contribution in [0.2, 0.25) is 0 Å². The lowest BCUT2D eigenvalue weighted by molar-refractivity contribution is 0.0657. The topological polar surface area (TPSA) is 48.9 Å². The molecule has 0 radical (unpaired) electrons. The quantitative estimate of drug-likeness (QED) is 0.203. The summed E-state index contributed by atoms with van der Waals surface area (Å²) in [5.41, 5.74) is 2.43. The molecule has 0 aliphatic carbocycles. The smallest absolute Gasteiger partial charge is 0.191 e. The number of hydrogen-bond acceptors (Lipinski definition) is 3. The van der Waals surface area contributed by atoms with Crippen LogP contribution >= 0.6 is 24.0 Å². The highest BCUT2D eigenvalue weighted by atomic mass is 127. The van der Waals surface area contributed by atoms with Gasteiger partial charge in [0.1, 0.15) is 0 Å². The van der Waals surface area contributed by atoms with Crippen LogP contribution in [-0.2, 0) is 17.9 Å². The first-order valence-corrected chi connectivity index (χ1v) is 10.2. The third-order valence-electron chi connectivity index (χ3n) is 4.47. The summed E-state index contributed by atoms with van der Waals surface area (Å²) in [6, 6.07) is 9.66. The average Bonchev–Trinajstić information content (AvgIpc) is 2.62. The molecule has 0 aliphatic rings. The van der Waals surface area contributed by atoms with E-state index < -0.39 is 0 Å². The van der Waals surface area contributed by atoms with E-state index in [1.165, 1.54) is 11.1 Å². The zero-order valence-electron chi connectivity index (χ0n) is 18.8. The largest absolute Gasteiger partial charge is 0.374 e. The molecule has 1 aromatic rings. The SMILES string of the molecule is CN=C(NCCCN(C(C)C)C(C)C)NCc1cccc(COC(C)C)c1.I. The molecule has 0 aliphatic heterocycles. The van der Waals surface area contributed by atoms with Gasteiger partial charge in [-0.2, -0.15) is 0 Å². The van der Waals surface area contributed by atoms with Crippen LogP contribution in [0.5, 0.6) is 0 Å². The Morgan fingerprint density at radius 3 is 2.25 bits per heavy atom. The molecule has 0 saturated heterocycles. The Kier molecular flexibility index (Phi) is 14.6. The van der Waals surface area contributed by atoms with E-state index >= 15 is 0 Å². The summed E-state index contributed by atoms with van der Waals surface area (Å²) < 4.78 is 5.69. The highest BCUT2D eigenvalue weighted by molar-refractivity contribution is 14.0. The molecule has 28 heavy (non-hydrogen) atoms. The van der Waals surface area contributed by atoms with Crippen molar-refractivity contribution >= 4 is 29.9 Å². The summed E-state index contributed by atoms with van der Waals surface area (Å²) in [6.45, 7) is 16.6. The van der Waals surface area contributed by atoms with Crippen molar-refractivity contribution in [3.63, 3.8) is 0 Å². The number of rotatable bonds is 11. The fraction of sp³-hybridized carbons (Fsp3) is 0.682. The molecule has 6 heteroatoms. The van der Waals surface area contributed by atoms with Crippen molar-refractivity contribution in [1.82, 2.24) is 15.5 Å². The summed E-state index contributed by atoms with van der Waals surface area (Å²) >= 11 is 0. The van der Waals surface area contributed by atoms with Crippen LogP contribution in [0.25, 0.3) is 0 Å². The van der Waals surface area contributed by atoms with Crippen LogP contribution in [0.3, 0.4) is 0 Å². The second-order valence-corrected chi connectivity index (χ2v) is 7.81. The molecule has 0 atom stereocenters. The second kappa shape index (κ2) is 15.0. The maximum absolute atomic E-state index is 5.69. The lowest BCUT2D eigenvalue weighted by Gasteiger charge is -2.30. The van der Waals surface area contributed by atoms with E-state index in [1.807, 2.05) is 7.05 Å². The van der Waals surface area contributed by atoms with Gasteiger partial charge in [0.2, 0.25) is 0 Å². The van der Waals surface area contributed by atoms with Gasteiger partial charge < -0.3 is 15.4 Å². The Bertz CT molecular complexity index is 553. The molecule has 0 amide bonds. The Morgan fingerprint density at radius 2 is 1.68 bits per heavy atom. The summed E-state index contributed by atoms with van der Waals surface area (Å²) in [6.07, 6.45) is 1.34. The molecular formula is C22H41IN4O. The van der Waals surface area contributed by atoms with Crippen molar-refractivity contribution in [1.29, 1.82) is 0 Å². The molecule has 162 valence electrons. The monoisotopic (exact) mass is 504 g/mol. The molecule has 0 bridgehead atoms. The fourth-order valence-electron chi connectivity index (χ4n) is 3.08. The number of nitrogens with one attached hydrogen (secondary N) is 2. The van der Waals surface area contributed by atoms with E-state index in [0.717, 1.165) is 32.0 Å². The van der Waals surface area contributed by atoms with Gasteiger partial charge in [-0.05, 0) is 59.1 Å². The van der Waals surface area contributed by atoms with Crippen molar-refractivity contribution < 1.29 is 4.74 Å². The van der Waals surface area contributed by atoms with Crippen LogP contribution in [0, 0.1) is 0 Å². The maximum atomic E-state index is 5.69. The van der Waals surface area contributed by atoms with Gasteiger partial charge in [0.05, 0.1) is 12.7 Å². The van der Waals surface area contributed by atoms with Gasteiger partial charge in [-0.15, -0.1) is 24.0 Å². The van der Waals surface area contributed by atoms with E-state index in [4.69, 9.17) is 4.74 Å². The number of halogens is 1. The molecule has 0 spiro atoms. The van der Waals surface area contributed by atoms with Gasteiger partial charge in [-0.1, -0.05) is 24.3 Å². The van der Waals surface area contributed by atoms with Crippen LogP contribution in [-0.4, -0.2) is 49.2 Å². The van der Waals surface area contributed by atoms with Gasteiger partial charge >= 0.3 is 0 Å². The third-order valence-corrected chi connectivity index (χ3v) is 4.47. The lowest BCUT2D eigenvalue weighted by atomic mass is 10.1. The fourth-order valence-corrected chi connectivity index (χ4v) is 3.08. The molecular weight excluding hydrogens is 463 g/mol. The van der Waals surface area contributed by atoms with Gasteiger partial charge in [0, 0.05) is 38.8 Å². The molecule has 1 rings (SSSR count). The first kappa shape index (κ1) is 27.1. The molecule has 0 unspecified atom stereocenters. The van der Waals surface area contributed by atoms with Gasteiger partial charge in [0.25, 0.3) is 0 Å². The molecule has 0 fully saturated rings. The number of benzene rings is 1. The molecule has 1 aromatic carbocycles. The first-order valence-electron chi connectivity index (χ1n) is 10.2. The maximum Gasteiger partial charge on any atom is 0.191 e. The van der Waals surface area contributed by atoms with Crippen LogP contribution in [0.15, 0.2) is 29.3 Å². The number of nitrogens with zero attached hydrogens (tertiary/aromatic N) is 2. The Labute approximate surface area is 189 Å². The minimum absolute atomic E-state index is 0. The zero-order chi connectivity index (χ0) is 20.2. The zero-order valence-corrected chi connectivity index (χ0v) is 21.1. The molecule has 0 aromatic heterocycles. The standard InChI is InChI=1S/C22H40N4O.HI/c1-17(2)26(18(3)4)13-9-12-24-22(23-7)25-15-20-10-8-11-21(14-20)16-27-19(5)6;/h8,10-11,14,17-19H,9,12-13,15-16H2,1-7H3,(H2,23,24,25);1H. The predicted molar refractivity (Wildman–Crippen MR) is 132 cm³/mol. The molecule has 0 saturated carbocycles. The van der Waals surface area contributed by atoms with Crippen molar-refractivity contribution in [3.05, 3.63) is 35.4 Å². The van der Waals surface area contributed by atoms with E-state index in [1.54, 1.807) is 0 Å². The van der Waals surface area contributed by atoms with E-state index in [2.05, 4.69) is 86.3 Å². The van der Waals surface area contributed by atoms with E-state index in [0.29, 0.717) is 18.7 Å². The van der Waals surface area contributed by atoms with Crippen LogP contribution < -0.4 is 10.6 Å². The number of ether oxygens (including phenoxy) is 1. The van der Waals surface area contributed by atoms with E-state index in [-0.39, 0.29) is 30.1 Å². The van der Waals surface area contributed by atoms with Crippen LogP contribution in [0.4, 0.5) is 0 Å². The Hall–Kier alpha value is -0.860. The van der Waals surface area contributed by atoms with Crippen molar-refractivity contribution in [2.24, 2.45) is 4.99 Å². The Morgan fingerprint density at radius 1 is 1.04 bits per heavy atom. The number of aliphatic imine (C=N–C) groups is 1. The number of guanidine groups is 1. The minimum Gasteiger partial charge on any atom is -0.374 e. The molecule has 0 heterocycles. The lowest BCUT2D eigenvalue weighted by Crippen LogP contribution is -2.41. The predicted octanol–water partition coefficient (Wildman–Crippen LogP) is 4.40. The highest BCUT2D eigenvalue weighted by Gasteiger charge is 2.12. The summed E-state index contributed by atoms with van der Waals surface area (Å²) in [5.74, 6) is 0.847. The van der Waals surface area contributed by atoms with Gasteiger partial charge in [-0.25, -0.2) is 0 Å². The van der Waals surface area contributed by atoms with Crippen molar-refractivity contribution in [2.45, 2.75) is 79.3 Å². The number of hydrogen-bond donors (Lipinski definition) is 2. The summed E-state index contributed by atoms with van der Waals surface area (Å²) in [4.78, 5) is 6.84. The van der Waals surface area contributed by atoms with Crippen molar-refractivity contribution in [3.8, 4) is 0 Å². The summed E-state index contributed by atoms with van der Waals surface area (Å²) in [7, 11) is 1.82. The molecule has 5 nitrogen and oxygen atoms in total. The van der Waals surface area contributed by atoms with Crippen molar-refractivity contribution in [2.75, 3.05) is 20.1 Å². The highest BCUT2D eigenvalue weighted by Crippen LogP contribution is 2.08. The second-order valence-electron chi connectivity index (χ2n) is 7.81. The normalized spacial score (nSPS) is 12.0. The van der Waals surface area contributed by atoms with Gasteiger partial charge in [0.15, 0.2) is 5.96 Å². The summed E-state index contributed by atoms with van der Waals surface area (Å²) in [5, 5.41) is 6.81. The minimum atomic E-state index is 0. The first-order chi connectivity index (χ1) is 12.8.